The number of hydrogen-bond donors (Lipinski definition) is 1. The second-order valence-electron chi connectivity index (χ2n) is 3.65. The number of hydrogen-bond acceptors (Lipinski definition) is 2. The molecule has 1 rings (SSSR count). The number of aryl methyl sites for hydroxylation is 2. The van der Waals surface area contributed by atoms with Crippen LogP contribution >= 0.6 is 0 Å². The normalized spacial score (nSPS) is 14.3. The summed E-state index contributed by atoms with van der Waals surface area (Å²) in [5.41, 5.74) is 6.50. The van der Waals surface area contributed by atoms with Gasteiger partial charge in [-0.05, 0) is 31.9 Å². The lowest BCUT2D eigenvalue weighted by Gasteiger charge is -2.10. The van der Waals surface area contributed by atoms with E-state index in [1.54, 1.807) is 13.0 Å². The standard InChI is InChI=1S/C10H14F3NO/c1-6-5-9(15-7(6)2)8(14)3-4-10(11,12)13/h5,8H,3-4,14H2,1-2H3/t8-/m0/s1. The van der Waals surface area contributed by atoms with E-state index in [2.05, 4.69) is 0 Å². The maximum absolute atomic E-state index is 11.9. The molecule has 15 heavy (non-hydrogen) atoms. The first-order chi connectivity index (χ1) is 6.79. The quantitative estimate of drug-likeness (QED) is 0.850. The molecule has 0 bridgehead atoms. The summed E-state index contributed by atoms with van der Waals surface area (Å²) in [5.74, 6) is 1.13. The molecule has 0 aliphatic heterocycles. The first kappa shape index (κ1) is 12.1. The zero-order valence-corrected chi connectivity index (χ0v) is 8.69. The first-order valence-electron chi connectivity index (χ1n) is 4.69. The second-order valence-corrected chi connectivity index (χ2v) is 3.65. The maximum Gasteiger partial charge on any atom is 0.389 e. The molecule has 2 N–H and O–H groups in total. The minimum Gasteiger partial charge on any atom is -0.464 e. The molecule has 0 radical (unpaired) electrons. The number of rotatable bonds is 3. The molecule has 0 saturated heterocycles. The van der Waals surface area contributed by atoms with Gasteiger partial charge in [-0.1, -0.05) is 0 Å². The fourth-order valence-corrected chi connectivity index (χ4v) is 1.25. The third kappa shape index (κ3) is 3.58. The smallest absolute Gasteiger partial charge is 0.389 e. The van der Waals surface area contributed by atoms with Crippen molar-refractivity contribution in [2.75, 3.05) is 0 Å². The van der Waals surface area contributed by atoms with Crippen LogP contribution in [0.2, 0.25) is 0 Å². The van der Waals surface area contributed by atoms with Crippen LogP contribution in [-0.4, -0.2) is 6.18 Å². The van der Waals surface area contributed by atoms with Gasteiger partial charge in [-0.15, -0.1) is 0 Å². The Labute approximate surface area is 86.3 Å². The van der Waals surface area contributed by atoms with E-state index in [0.29, 0.717) is 11.5 Å². The Hall–Kier alpha value is -0.970. The summed E-state index contributed by atoms with van der Waals surface area (Å²) >= 11 is 0. The van der Waals surface area contributed by atoms with Crippen molar-refractivity contribution in [1.29, 1.82) is 0 Å². The van der Waals surface area contributed by atoms with E-state index in [-0.39, 0.29) is 6.42 Å². The van der Waals surface area contributed by atoms with Crippen molar-refractivity contribution < 1.29 is 17.6 Å². The Morgan fingerprint density at radius 1 is 1.40 bits per heavy atom. The van der Waals surface area contributed by atoms with Crippen LogP contribution in [0.5, 0.6) is 0 Å². The molecule has 1 atom stereocenters. The largest absolute Gasteiger partial charge is 0.464 e. The van der Waals surface area contributed by atoms with Crippen LogP contribution in [0.15, 0.2) is 10.5 Å². The number of furan rings is 1. The number of nitrogens with two attached hydrogens (primary N) is 1. The van der Waals surface area contributed by atoms with E-state index in [1.807, 2.05) is 6.92 Å². The van der Waals surface area contributed by atoms with Gasteiger partial charge in [0.25, 0.3) is 0 Å². The summed E-state index contributed by atoms with van der Waals surface area (Å²) < 4.78 is 41.0. The molecule has 86 valence electrons. The fourth-order valence-electron chi connectivity index (χ4n) is 1.25. The third-order valence-corrected chi connectivity index (χ3v) is 2.29. The molecule has 0 aliphatic rings. The third-order valence-electron chi connectivity index (χ3n) is 2.29. The van der Waals surface area contributed by atoms with E-state index in [9.17, 15) is 13.2 Å². The molecule has 0 amide bonds. The predicted molar refractivity (Wildman–Crippen MR) is 50.4 cm³/mol. The van der Waals surface area contributed by atoms with Gasteiger partial charge in [0.05, 0.1) is 6.04 Å². The molecule has 0 aromatic carbocycles. The molecular weight excluding hydrogens is 207 g/mol. The molecule has 5 heteroatoms. The predicted octanol–water partition coefficient (Wildman–Crippen LogP) is 3.24. The summed E-state index contributed by atoms with van der Waals surface area (Å²) in [6.45, 7) is 3.59. The van der Waals surface area contributed by atoms with E-state index in [0.717, 1.165) is 5.56 Å². The van der Waals surface area contributed by atoms with Gasteiger partial charge in [-0.2, -0.15) is 13.2 Å². The molecule has 1 aromatic rings. The Morgan fingerprint density at radius 2 is 2.00 bits per heavy atom. The fraction of sp³-hybridized carbons (Fsp3) is 0.600. The highest BCUT2D eigenvalue weighted by Crippen LogP contribution is 2.27. The Balaban J connectivity index is 2.58. The molecule has 2 nitrogen and oxygen atoms in total. The molecule has 0 aliphatic carbocycles. The molecule has 0 fully saturated rings. The average Bonchev–Trinajstić information content (AvgIpc) is 2.42. The number of halogens is 3. The monoisotopic (exact) mass is 221 g/mol. The molecule has 0 saturated carbocycles. The van der Waals surface area contributed by atoms with Crippen molar-refractivity contribution >= 4 is 0 Å². The van der Waals surface area contributed by atoms with Crippen molar-refractivity contribution in [3.63, 3.8) is 0 Å². The topological polar surface area (TPSA) is 39.2 Å². The average molecular weight is 221 g/mol. The minimum absolute atomic E-state index is 0.143. The van der Waals surface area contributed by atoms with Crippen molar-refractivity contribution in [1.82, 2.24) is 0 Å². The van der Waals surface area contributed by atoms with Crippen LogP contribution in [0.25, 0.3) is 0 Å². The highest BCUT2D eigenvalue weighted by atomic mass is 19.4. The first-order valence-corrected chi connectivity index (χ1v) is 4.69. The zero-order valence-electron chi connectivity index (χ0n) is 8.69. The van der Waals surface area contributed by atoms with Crippen LogP contribution in [-0.2, 0) is 0 Å². The molecular formula is C10H14F3NO. The Bertz CT molecular complexity index is 310. The van der Waals surface area contributed by atoms with Gasteiger partial charge in [0.15, 0.2) is 0 Å². The Morgan fingerprint density at radius 3 is 2.40 bits per heavy atom. The highest BCUT2D eigenvalue weighted by molar-refractivity contribution is 5.20. The van der Waals surface area contributed by atoms with Crippen LogP contribution in [0, 0.1) is 13.8 Å². The van der Waals surface area contributed by atoms with E-state index < -0.39 is 18.6 Å². The van der Waals surface area contributed by atoms with Gasteiger partial charge in [-0.25, -0.2) is 0 Å². The van der Waals surface area contributed by atoms with Crippen molar-refractivity contribution in [2.45, 2.75) is 38.9 Å². The minimum atomic E-state index is -4.16. The van der Waals surface area contributed by atoms with Gasteiger partial charge < -0.3 is 10.2 Å². The van der Waals surface area contributed by atoms with E-state index >= 15 is 0 Å². The SMILES string of the molecule is Cc1cc([C@@H](N)CCC(F)(F)F)oc1C. The lowest BCUT2D eigenvalue weighted by Crippen LogP contribution is -2.15. The molecule has 1 aromatic heterocycles. The van der Waals surface area contributed by atoms with Crippen LogP contribution < -0.4 is 5.73 Å². The van der Waals surface area contributed by atoms with Crippen molar-refractivity contribution in [2.24, 2.45) is 5.73 Å². The summed E-state index contributed by atoms with van der Waals surface area (Å²) in [5, 5.41) is 0. The summed E-state index contributed by atoms with van der Waals surface area (Å²) in [7, 11) is 0. The Kier molecular flexibility index (Phi) is 3.44. The van der Waals surface area contributed by atoms with Crippen molar-refractivity contribution in [3.05, 3.63) is 23.2 Å². The lowest BCUT2D eigenvalue weighted by molar-refractivity contribution is -0.136. The molecule has 0 spiro atoms. The second kappa shape index (κ2) is 4.26. The van der Waals surface area contributed by atoms with Gasteiger partial charge in [0, 0.05) is 6.42 Å². The number of alkyl halides is 3. The summed E-state index contributed by atoms with van der Waals surface area (Å²) in [4.78, 5) is 0. The molecule has 0 unspecified atom stereocenters. The van der Waals surface area contributed by atoms with Gasteiger partial charge >= 0.3 is 6.18 Å². The van der Waals surface area contributed by atoms with Gasteiger partial charge in [0.1, 0.15) is 11.5 Å². The summed E-state index contributed by atoms with van der Waals surface area (Å²) in [6, 6.07) is 1.01. The molecule has 1 heterocycles. The van der Waals surface area contributed by atoms with Crippen LogP contribution in [0.4, 0.5) is 13.2 Å². The van der Waals surface area contributed by atoms with Crippen LogP contribution in [0.3, 0.4) is 0 Å². The van der Waals surface area contributed by atoms with Gasteiger partial charge in [0.2, 0.25) is 0 Å². The lowest BCUT2D eigenvalue weighted by atomic mass is 10.1. The van der Waals surface area contributed by atoms with Crippen LogP contribution in [0.1, 0.15) is 36.0 Å². The van der Waals surface area contributed by atoms with E-state index in [1.165, 1.54) is 0 Å². The van der Waals surface area contributed by atoms with Crippen molar-refractivity contribution in [3.8, 4) is 0 Å². The summed E-state index contributed by atoms with van der Waals surface area (Å²) in [6.07, 6.45) is -5.18. The highest BCUT2D eigenvalue weighted by Gasteiger charge is 2.28. The zero-order chi connectivity index (χ0) is 11.6. The maximum atomic E-state index is 11.9. The van der Waals surface area contributed by atoms with Gasteiger partial charge in [-0.3, -0.25) is 0 Å². The van der Waals surface area contributed by atoms with E-state index in [4.69, 9.17) is 10.2 Å².